The van der Waals surface area contributed by atoms with Gasteiger partial charge >= 0.3 is 5.97 Å². The molecule has 0 radical (unpaired) electrons. The first-order valence-corrected chi connectivity index (χ1v) is 8.81. The lowest BCUT2D eigenvalue weighted by molar-refractivity contribution is -0.144. The standard InChI is InChI=1S/C11H15ClO6S2/c1-16-4-5-17-6-7-18-10(13)8-9-2-3-11(19-9)20(12,14)15/h2-3H,4-8H2,1H3. The van der Waals surface area contributed by atoms with Crippen LogP contribution in [0.2, 0.25) is 0 Å². The summed E-state index contributed by atoms with van der Waals surface area (Å²) in [7, 11) is 3.02. The minimum Gasteiger partial charge on any atom is -0.463 e. The van der Waals surface area contributed by atoms with Gasteiger partial charge in [0, 0.05) is 22.7 Å². The van der Waals surface area contributed by atoms with Gasteiger partial charge in [0.25, 0.3) is 9.05 Å². The molecule has 0 aliphatic rings. The quantitative estimate of drug-likeness (QED) is 0.384. The van der Waals surface area contributed by atoms with E-state index < -0.39 is 15.0 Å². The summed E-state index contributed by atoms with van der Waals surface area (Å²) in [6.07, 6.45) is 0.00907. The Bertz CT molecular complexity index is 525. The van der Waals surface area contributed by atoms with Gasteiger partial charge in [-0.2, -0.15) is 0 Å². The van der Waals surface area contributed by atoms with Crippen molar-refractivity contribution in [3.05, 3.63) is 17.0 Å². The number of carbonyl (C=O) groups is 1. The molecule has 0 spiro atoms. The molecule has 1 heterocycles. The van der Waals surface area contributed by atoms with Gasteiger partial charge < -0.3 is 14.2 Å². The van der Waals surface area contributed by atoms with Gasteiger partial charge in [-0.05, 0) is 12.1 Å². The SMILES string of the molecule is COCCOCCOC(=O)Cc1ccc(S(=O)(=O)Cl)s1. The van der Waals surface area contributed by atoms with Crippen LogP contribution in [-0.4, -0.2) is 47.9 Å². The average Bonchev–Trinajstić information content (AvgIpc) is 2.82. The van der Waals surface area contributed by atoms with Gasteiger partial charge in [-0.1, -0.05) is 0 Å². The highest BCUT2D eigenvalue weighted by molar-refractivity contribution is 8.15. The van der Waals surface area contributed by atoms with Crippen molar-refractivity contribution in [3.63, 3.8) is 0 Å². The summed E-state index contributed by atoms with van der Waals surface area (Å²) in [6.45, 7) is 1.37. The number of thiophene rings is 1. The molecule has 1 aromatic rings. The molecule has 0 aliphatic heterocycles. The molecular weight excluding hydrogens is 328 g/mol. The molecule has 0 atom stereocenters. The summed E-state index contributed by atoms with van der Waals surface area (Å²) in [4.78, 5) is 12.1. The van der Waals surface area contributed by atoms with E-state index in [0.717, 1.165) is 11.3 Å². The van der Waals surface area contributed by atoms with Crippen molar-refractivity contribution in [2.75, 3.05) is 33.5 Å². The fourth-order valence-corrected chi connectivity index (χ4v) is 3.34. The molecular formula is C11H15ClO6S2. The Labute approximate surface area is 126 Å². The number of hydrogen-bond acceptors (Lipinski definition) is 7. The van der Waals surface area contributed by atoms with Crippen LogP contribution in [0, 0.1) is 0 Å². The van der Waals surface area contributed by atoms with Crippen LogP contribution in [0.1, 0.15) is 4.88 Å². The van der Waals surface area contributed by atoms with Gasteiger partial charge in [0.2, 0.25) is 0 Å². The number of methoxy groups -OCH3 is 1. The highest BCUT2D eigenvalue weighted by Gasteiger charge is 2.15. The summed E-state index contributed by atoms with van der Waals surface area (Å²) in [6, 6.07) is 2.90. The van der Waals surface area contributed by atoms with Gasteiger partial charge in [0.05, 0.1) is 26.2 Å². The van der Waals surface area contributed by atoms with Crippen molar-refractivity contribution in [2.45, 2.75) is 10.6 Å². The van der Waals surface area contributed by atoms with Gasteiger partial charge in [0.15, 0.2) is 0 Å². The summed E-state index contributed by atoms with van der Waals surface area (Å²) in [5.74, 6) is -0.444. The van der Waals surface area contributed by atoms with Crippen molar-refractivity contribution >= 4 is 37.0 Å². The van der Waals surface area contributed by atoms with E-state index in [4.69, 9.17) is 24.9 Å². The molecule has 1 aromatic heterocycles. The molecule has 0 aromatic carbocycles. The molecule has 0 saturated carbocycles. The van der Waals surface area contributed by atoms with E-state index in [1.807, 2.05) is 0 Å². The molecule has 0 bridgehead atoms. The second-order valence-corrected chi connectivity index (χ2v) is 7.62. The zero-order chi connectivity index (χ0) is 15.0. The normalized spacial score (nSPS) is 11.5. The Balaban J connectivity index is 2.27. The molecule has 1 rings (SSSR count). The summed E-state index contributed by atoms with van der Waals surface area (Å²) >= 11 is 0.950. The minimum atomic E-state index is -3.74. The molecule has 114 valence electrons. The zero-order valence-electron chi connectivity index (χ0n) is 10.8. The third-order valence-electron chi connectivity index (χ3n) is 2.12. The number of carbonyl (C=O) groups excluding carboxylic acids is 1. The Hall–Kier alpha value is -0.670. The van der Waals surface area contributed by atoms with Crippen LogP contribution in [0.3, 0.4) is 0 Å². The zero-order valence-corrected chi connectivity index (χ0v) is 13.2. The third kappa shape index (κ3) is 6.67. The Morgan fingerprint density at radius 1 is 1.25 bits per heavy atom. The van der Waals surface area contributed by atoms with Gasteiger partial charge in [-0.15, -0.1) is 11.3 Å². The molecule has 6 nitrogen and oxygen atoms in total. The van der Waals surface area contributed by atoms with E-state index in [0.29, 0.717) is 24.7 Å². The van der Waals surface area contributed by atoms with Crippen LogP contribution in [0.4, 0.5) is 0 Å². The predicted octanol–water partition coefficient (Wildman–Crippen LogP) is 1.42. The van der Waals surface area contributed by atoms with Crippen molar-refractivity contribution in [3.8, 4) is 0 Å². The predicted molar refractivity (Wildman–Crippen MR) is 74.7 cm³/mol. The maximum absolute atomic E-state index is 11.5. The lowest BCUT2D eigenvalue weighted by Gasteiger charge is -2.05. The summed E-state index contributed by atoms with van der Waals surface area (Å²) in [5, 5.41) is 0. The van der Waals surface area contributed by atoms with Crippen molar-refractivity contribution < 1.29 is 27.4 Å². The molecule has 9 heteroatoms. The number of ether oxygens (including phenoxy) is 3. The van der Waals surface area contributed by atoms with Crippen LogP contribution >= 0.6 is 22.0 Å². The van der Waals surface area contributed by atoms with Crippen LogP contribution in [0.15, 0.2) is 16.3 Å². The molecule has 0 saturated heterocycles. The fraction of sp³-hybridized carbons (Fsp3) is 0.545. The van der Waals surface area contributed by atoms with E-state index in [-0.39, 0.29) is 17.2 Å². The molecule has 0 aliphatic carbocycles. The molecule has 20 heavy (non-hydrogen) atoms. The minimum absolute atomic E-state index is 0.00907. The van der Waals surface area contributed by atoms with E-state index in [1.165, 1.54) is 12.1 Å². The summed E-state index contributed by atoms with van der Waals surface area (Å²) in [5.41, 5.74) is 0. The first-order valence-electron chi connectivity index (χ1n) is 5.69. The van der Waals surface area contributed by atoms with Gasteiger partial charge in [-0.3, -0.25) is 4.79 Å². The number of esters is 1. The van der Waals surface area contributed by atoms with E-state index in [9.17, 15) is 13.2 Å². The maximum Gasteiger partial charge on any atom is 0.311 e. The van der Waals surface area contributed by atoms with E-state index in [1.54, 1.807) is 7.11 Å². The first-order chi connectivity index (χ1) is 9.43. The largest absolute Gasteiger partial charge is 0.463 e. The van der Waals surface area contributed by atoms with Crippen LogP contribution < -0.4 is 0 Å². The molecule has 0 amide bonds. The van der Waals surface area contributed by atoms with Crippen LogP contribution in [0.5, 0.6) is 0 Å². The number of hydrogen-bond donors (Lipinski definition) is 0. The second-order valence-electron chi connectivity index (χ2n) is 3.66. The lowest BCUT2D eigenvalue weighted by atomic mass is 10.3. The molecule has 0 N–H and O–H groups in total. The Morgan fingerprint density at radius 3 is 2.55 bits per heavy atom. The van der Waals surface area contributed by atoms with E-state index >= 15 is 0 Å². The topological polar surface area (TPSA) is 78.9 Å². The van der Waals surface area contributed by atoms with E-state index in [2.05, 4.69) is 0 Å². The van der Waals surface area contributed by atoms with Crippen molar-refractivity contribution in [1.82, 2.24) is 0 Å². The van der Waals surface area contributed by atoms with Gasteiger partial charge in [0.1, 0.15) is 10.8 Å². The second kappa shape index (κ2) is 8.58. The Morgan fingerprint density at radius 2 is 1.95 bits per heavy atom. The number of halogens is 1. The smallest absolute Gasteiger partial charge is 0.311 e. The molecule has 0 fully saturated rings. The highest BCUT2D eigenvalue weighted by atomic mass is 35.7. The third-order valence-corrected chi connectivity index (χ3v) is 5.30. The van der Waals surface area contributed by atoms with Crippen LogP contribution in [0.25, 0.3) is 0 Å². The summed E-state index contributed by atoms with van der Waals surface area (Å²) < 4.78 is 37.0. The van der Waals surface area contributed by atoms with Crippen LogP contribution in [-0.2, 0) is 34.5 Å². The van der Waals surface area contributed by atoms with Gasteiger partial charge in [-0.25, -0.2) is 8.42 Å². The van der Waals surface area contributed by atoms with Crippen molar-refractivity contribution in [2.24, 2.45) is 0 Å². The molecule has 0 unspecified atom stereocenters. The fourth-order valence-electron chi connectivity index (χ4n) is 1.24. The average molecular weight is 343 g/mol. The van der Waals surface area contributed by atoms with Crippen molar-refractivity contribution in [1.29, 1.82) is 0 Å². The maximum atomic E-state index is 11.5. The first kappa shape index (κ1) is 17.4. The Kier molecular flexibility index (Phi) is 7.46. The lowest BCUT2D eigenvalue weighted by Crippen LogP contribution is -2.13. The number of rotatable bonds is 9. The highest BCUT2D eigenvalue weighted by Crippen LogP contribution is 2.25. The monoisotopic (exact) mass is 342 g/mol.